The molecular weight excluding hydrogens is 176 g/mol. The van der Waals surface area contributed by atoms with Gasteiger partial charge in [0, 0.05) is 12.6 Å². The van der Waals surface area contributed by atoms with Crippen molar-refractivity contribution in [1.29, 1.82) is 0 Å². The zero-order valence-corrected chi connectivity index (χ0v) is 8.10. The largest absolute Gasteiger partial charge is 0.351 e. The van der Waals surface area contributed by atoms with Crippen LogP contribution in [0.5, 0.6) is 0 Å². The van der Waals surface area contributed by atoms with Crippen molar-refractivity contribution in [2.75, 3.05) is 26.0 Å². The molecule has 1 saturated heterocycles. The number of amides is 1. The summed E-state index contributed by atoms with van der Waals surface area (Å²) in [5.41, 5.74) is 0. The third kappa shape index (κ3) is 2.99. The number of hydrogen-bond acceptors (Lipinski definition) is 2. The van der Waals surface area contributed by atoms with Crippen LogP contribution in [0.25, 0.3) is 0 Å². The summed E-state index contributed by atoms with van der Waals surface area (Å²) in [5.74, 6) is 0.0113. The van der Waals surface area contributed by atoms with Crippen LogP contribution in [-0.2, 0) is 4.79 Å². The second kappa shape index (κ2) is 4.67. The molecule has 1 N–H and O–H groups in total. The number of carbonyl (C=O) groups excluding carboxylic acids is 1. The predicted molar refractivity (Wildman–Crippen MR) is 49.4 cm³/mol. The van der Waals surface area contributed by atoms with E-state index in [0.717, 1.165) is 25.9 Å². The van der Waals surface area contributed by atoms with Crippen LogP contribution in [0.4, 0.5) is 0 Å². The fourth-order valence-electron chi connectivity index (χ4n) is 1.55. The molecule has 0 aromatic heterocycles. The fourth-order valence-corrected chi connectivity index (χ4v) is 1.63. The minimum absolute atomic E-state index is 0.0584. The lowest BCUT2D eigenvalue weighted by atomic mass is 10.1. The molecule has 1 aliphatic heterocycles. The monoisotopic (exact) mass is 190 g/mol. The van der Waals surface area contributed by atoms with Gasteiger partial charge in [-0.3, -0.25) is 4.79 Å². The Balaban J connectivity index is 2.27. The molecule has 0 radical (unpaired) electrons. The van der Waals surface area contributed by atoms with Crippen molar-refractivity contribution in [2.24, 2.45) is 0 Å². The van der Waals surface area contributed by atoms with E-state index in [-0.39, 0.29) is 11.8 Å². The molecule has 12 heavy (non-hydrogen) atoms. The number of likely N-dealkylation sites (N-methyl/N-ethyl adjacent to an activating group) is 1. The summed E-state index contributed by atoms with van der Waals surface area (Å²) < 4.78 is 0. The van der Waals surface area contributed by atoms with Crippen molar-refractivity contribution in [3.63, 3.8) is 0 Å². The van der Waals surface area contributed by atoms with E-state index in [0.29, 0.717) is 6.04 Å². The summed E-state index contributed by atoms with van der Waals surface area (Å²) in [6.45, 7) is 2.08. The average molecular weight is 191 g/mol. The highest BCUT2D eigenvalue weighted by Crippen LogP contribution is 2.07. The second-order valence-electron chi connectivity index (χ2n) is 3.30. The maximum atomic E-state index is 10.9. The zero-order valence-electron chi connectivity index (χ0n) is 7.35. The smallest absolute Gasteiger partial charge is 0.235 e. The second-order valence-corrected chi connectivity index (χ2v) is 3.57. The molecule has 0 aliphatic carbocycles. The maximum Gasteiger partial charge on any atom is 0.235 e. The number of piperidine rings is 1. The lowest BCUT2D eigenvalue weighted by Crippen LogP contribution is -2.46. The number of nitrogens with one attached hydrogen (secondary N) is 1. The molecule has 1 atom stereocenters. The molecule has 1 fully saturated rings. The van der Waals surface area contributed by atoms with Crippen LogP contribution in [0.2, 0.25) is 0 Å². The number of alkyl halides is 1. The van der Waals surface area contributed by atoms with Gasteiger partial charge < -0.3 is 10.2 Å². The summed E-state index contributed by atoms with van der Waals surface area (Å²) >= 11 is 5.38. The lowest BCUT2D eigenvalue weighted by Gasteiger charge is -2.29. The minimum Gasteiger partial charge on any atom is -0.351 e. The quantitative estimate of drug-likeness (QED) is 0.641. The van der Waals surface area contributed by atoms with Gasteiger partial charge in [-0.05, 0) is 26.4 Å². The summed E-state index contributed by atoms with van der Waals surface area (Å²) in [5, 5.41) is 2.89. The van der Waals surface area contributed by atoms with Crippen molar-refractivity contribution >= 4 is 17.5 Å². The molecule has 1 heterocycles. The highest BCUT2D eigenvalue weighted by Gasteiger charge is 2.17. The van der Waals surface area contributed by atoms with E-state index in [1.165, 1.54) is 0 Å². The number of hydrogen-bond donors (Lipinski definition) is 1. The van der Waals surface area contributed by atoms with Crippen LogP contribution in [0.3, 0.4) is 0 Å². The highest BCUT2D eigenvalue weighted by atomic mass is 35.5. The summed E-state index contributed by atoms with van der Waals surface area (Å²) in [7, 11) is 2.07. The van der Waals surface area contributed by atoms with Crippen LogP contribution >= 0.6 is 11.6 Å². The van der Waals surface area contributed by atoms with Gasteiger partial charge in [0.1, 0.15) is 5.88 Å². The van der Waals surface area contributed by atoms with Crippen LogP contribution in [-0.4, -0.2) is 42.9 Å². The lowest BCUT2D eigenvalue weighted by molar-refractivity contribution is -0.119. The van der Waals surface area contributed by atoms with Crippen LogP contribution in [0.1, 0.15) is 12.8 Å². The average Bonchev–Trinajstić information content (AvgIpc) is 2.04. The summed E-state index contributed by atoms with van der Waals surface area (Å²) in [6, 6.07) is 0.301. The van der Waals surface area contributed by atoms with Gasteiger partial charge in [0.05, 0.1) is 0 Å². The van der Waals surface area contributed by atoms with E-state index in [1.54, 1.807) is 0 Å². The zero-order chi connectivity index (χ0) is 8.97. The van der Waals surface area contributed by atoms with Crippen molar-refractivity contribution in [2.45, 2.75) is 18.9 Å². The molecule has 3 nitrogen and oxygen atoms in total. The molecule has 0 unspecified atom stereocenters. The molecule has 1 amide bonds. The number of rotatable bonds is 2. The standard InChI is InChI=1S/C8H15ClN2O/c1-11-4-2-3-7(6-11)10-8(12)5-9/h7H,2-6H2,1H3,(H,10,12)/t7-/m0/s1. The first kappa shape index (κ1) is 9.81. The summed E-state index contributed by atoms with van der Waals surface area (Å²) in [6.07, 6.45) is 2.23. The Labute approximate surface area is 78.1 Å². The molecule has 4 heteroatoms. The summed E-state index contributed by atoms with van der Waals surface area (Å²) in [4.78, 5) is 13.1. The van der Waals surface area contributed by atoms with Gasteiger partial charge in [-0.1, -0.05) is 0 Å². The minimum atomic E-state index is -0.0584. The van der Waals surface area contributed by atoms with Crippen LogP contribution in [0, 0.1) is 0 Å². The molecule has 0 spiro atoms. The van der Waals surface area contributed by atoms with Gasteiger partial charge in [-0.25, -0.2) is 0 Å². The molecule has 70 valence electrons. The predicted octanol–water partition coefficient (Wildman–Crippen LogP) is 0.436. The van der Waals surface area contributed by atoms with Crippen LogP contribution in [0.15, 0.2) is 0 Å². The van der Waals surface area contributed by atoms with Crippen molar-refractivity contribution in [3.05, 3.63) is 0 Å². The SMILES string of the molecule is CN1CCC[C@H](NC(=O)CCl)C1. The number of carbonyl (C=O) groups is 1. The fraction of sp³-hybridized carbons (Fsp3) is 0.875. The Morgan fingerprint density at radius 3 is 3.08 bits per heavy atom. The topological polar surface area (TPSA) is 32.3 Å². The molecule has 0 aromatic rings. The van der Waals surface area contributed by atoms with E-state index >= 15 is 0 Å². The highest BCUT2D eigenvalue weighted by molar-refractivity contribution is 6.27. The first-order valence-corrected chi connectivity index (χ1v) is 4.79. The Morgan fingerprint density at radius 1 is 1.75 bits per heavy atom. The first-order valence-electron chi connectivity index (χ1n) is 4.26. The van der Waals surface area contributed by atoms with Crippen molar-refractivity contribution in [3.8, 4) is 0 Å². The molecule has 1 rings (SSSR count). The normalized spacial score (nSPS) is 25.3. The van der Waals surface area contributed by atoms with Crippen molar-refractivity contribution < 1.29 is 4.79 Å². The number of nitrogens with zero attached hydrogens (tertiary/aromatic N) is 1. The van der Waals surface area contributed by atoms with E-state index in [1.807, 2.05) is 0 Å². The third-order valence-electron chi connectivity index (χ3n) is 2.11. The Kier molecular flexibility index (Phi) is 3.82. The Morgan fingerprint density at radius 2 is 2.50 bits per heavy atom. The first-order chi connectivity index (χ1) is 5.72. The molecule has 0 aromatic carbocycles. The Hall–Kier alpha value is -0.280. The molecular formula is C8H15ClN2O. The van der Waals surface area contributed by atoms with Gasteiger partial charge in [0.15, 0.2) is 0 Å². The van der Waals surface area contributed by atoms with Gasteiger partial charge in [0.2, 0.25) is 5.91 Å². The third-order valence-corrected chi connectivity index (χ3v) is 2.35. The number of likely N-dealkylation sites (tertiary alicyclic amines) is 1. The molecule has 1 aliphatic rings. The maximum absolute atomic E-state index is 10.9. The van der Waals surface area contributed by atoms with Gasteiger partial charge in [-0.2, -0.15) is 0 Å². The Bertz CT molecular complexity index is 163. The van der Waals surface area contributed by atoms with Crippen molar-refractivity contribution in [1.82, 2.24) is 10.2 Å². The van der Waals surface area contributed by atoms with E-state index in [4.69, 9.17) is 11.6 Å². The molecule has 0 bridgehead atoms. The van der Waals surface area contributed by atoms with E-state index in [9.17, 15) is 4.79 Å². The van der Waals surface area contributed by atoms with Gasteiger partial charge in [0.25, 0.3) is 0 Å². The van der Waals surface area contributed by atoms with E-state index < -0.39 is 0 Å². The number of halogens is 1. The van der Waals surface area contributed by atoms with E-state index in [2.05, 4.69) is 17.3 Å². The molecule has 0 saturated carbocycles. The van der Waals surface area contributed by atoms with Crippen LogP contribution < -0.4 is 5.32 Å². The van der Waals surface area contributed by atoms with Gasteiger partial charge in [-0.15, -0.1) is 11.6 Å². The van der Waals surface area contributed by atoms with Gasteiger partial charge >= 0.3 is 0 Å².